The van der Waals surface area contributed by atoms with Crippen LogP contribution in [-0.2, 0) is 6.42 Å². The zero-order chi connectivity index (χ0) is 19.1. The smallest absolute Gasteiger partial charge is 0.268 e. The Morgan fingerprint density at radius 2 is 1.86 bits per heavy atom. The Kier molecular flexibility index (Phi) is 3.69. The van der Waals surface area contributed by atoms with Crippen molar-refractivity contribution >= 4 is 27.6 Å². The number of aromatic nitrogens is 4. The van der Waals surface area contributed by atoms with Crippen LogP contribution in [0.25, 0.3) is 27.6 Å². The fraction of sp³-hybridized carbons (Fsp3) is 0.0455. The first-order valence-corrected chi connectivity index (χ1v) is 8.99. The molecule has 28 heavy (non-hydrogen) atoms. The van der Waals surface area contributed by atoms with E-state index in [9.17, 15) is 4.79 Å². The minimum absolute atomic E-state index is 0.139. The first-order chi connectivity index (χ1) is 13.7. The van der Waals surface area contributed by atoms with Crippen LogP contribution in [0.4, 0.5) is 5.69 Å². The van der Waals surface area contributed by atoms with Gasteiger partial charge in [-0.25, -0.2) is 4.98 Å². The second-order valence-electron chi connectivity index (χ2n) is 6.70. The van der Waals surface area contributed by atoms with Gasteiger partial charge in [-0.3, -0.25) is 14.5 Å². The van der Waals surface area contributed by atoms with Gasteiger partial charge in [-0.1, -0.05) is 30.3 Å². The quantitative estimate of drug-likeness (QED) is 0.478. The largest absolute Gasteiger partial charge is 0.399 e. The van der Waals surface area contributed by atoms with Gasteiger partial charge in [0, 0.05) is 23.7 Å². The molecule has 2 aromatic carbocycles. The minimum Gasteiger partial charge on any atom is -0.399 e. The monoisotopic (exact) mass is 367 g/mol. The fourth-order valence-electron chi connectivity index (χ4n) is 3.62. The van der Waals surface area contributed by atoms with Gasteiger partial charge in [0.25, 0.3) is 5.56 Å². The SMILES string of the molecule is Nc1cccc(Cc2[nH]nc3c2c(=O)n(-c2ccccc2)c2ncccc32)c1. The van der Waals surface area contributed by atoms with Gasteiger partial charge in [-0.05, 0) is 42.0 Å². The lowest BCUT2D eigenvalue weighted by molar-refractivity contribution is 1.01. The summed E-state index contributed by atoms with van der Waals surface area (Å²) in [6, 6.07) is 21.0. The van der Waals surface area contributed by atoms with E-state index in [0.717, 1.165) is 22.3 Å². The highest BCUT2D eigenvalue weighted by atomic mass is 16.1. The molecule has 5 aromatic rings. The van der Waals surface area contributed by atoms with Crippen molar-refractivity contribution in [1.82, 2.24) is 19.7 Å². The lowest BCUT2D eigenvalue weighted by atomic mass is 10.1. The third-order valence-electron chi connectivity index (χ3n) is 4.86. The number of H-pyrrole nitrogens is 1. The van der Waals surface area contributed by atoms with E-state index >= 15 is 0 Å². The molecular formula is C22H17N5O. The fourth-order valence-corrected chi connectivity index (χ4v) is 3.62. The predicted molar refractivity (Wildman–Crippen MR) is 111 cm³/mol. The number of nitrogens with zero attached hydrogens (tertiary/aromatic N) is 3. The number of nitrogens with one attached hydrogen (secondary N) is 1. The van der Waals surface area contributed by atoms with Crippen molar-refractivity contribution in [2.45, 2.75) is 6.42 Å². The molecule has 3 aromatic heterocycles. The number of benzene rings is 2. The maximum Gasteiger partial charge on any atom is 0.268 e. The van der Waals surface area contributed by atoms with Crippen molar-refractivity contribution in [1.29, 1.82) is 0 Å². The molecule has 136 valence electrons. The molecule has 0 aliphatic rings. The number of aromatic amines is 1. The molecule has 0 spiro atoms. The van der Waals surface area contributed by atoms with Gasteiger partial charge >= 0.3 is 0 Å². The van der Waals surface area contributed by atoms with Crippen LogP contribution in [-0.4, -0.2) is 19.7 Å². The number of nitrogens with two attached hydrogens (primary N) is 1. The molecule has 0 aliphatic heterocycles. The van der Waals surface area contributed by atoms with Crippen LogP contribution in [0.3, 0.4) is 0 Å². The lowest BCUT2D eigenvalue weighted by Gasteiger charge is -2.10. The average Bonchev–Trinajstić information content (AvgIpc) is 3.13. The summed E-state index contributed by atoms with van der Waals surface area (Å²) in [6.45, 7) is 0. The summed E-state index contributed by atoms with van der Waals surface area (Å²) in [5.74, 6) is 0. The molecule has 6 heteroatoms. The molecule has 3 heterocycles. The van der Waals surface area contributed by atoms with Crippen molar-refractivity contribution in [2.24, 2.45) is 0 Å². The summed E-state index contributed by atoms with van der Waals surface area (Å²) in [5.41, 5.74) is 10.2. The number of pyridine rings is 2. The van der Waals surface area contributed by atoms with E-state index < -0.39 is 0 Å². The third-order valence-corrected chi connectivity index (χ3v) is 4.86. The summed E-state index contributed by atoms with van der Waals surface area (Å²) < 4.78 is 1.65. The van der Waals surface area contributed by atoms with Crippen molar-refractivity contribution in [3.05, 3.63) is 94.5 Å². The number of rotatable bonds is 3. The van der Waals surface area contributed by atoms with Gasteiger partial charge in [-0.15, -0.1) is 0 Å². The van der Waals surface area contributed by atoms with Gasteiger partial charge in [0.15, 0.2) is 0 Å². The Morgan fingerprint density at radius 1 is 1.00 bits per heavy atom. The van der Waals surface area contributed by atoms with Gasteiger partial charge in [0.1, 0.15) is 11.2 Å². The summed E-state index contributed by atoms with van der Waals surface area (Å²) >= 11 is 0. The van der Waals surface area contributed by atoms with Crippen LogP contribution in [0.15, 0.2) is 77.7 Å². The molecule has 0 saturated carbocycles. The second-order valence-corrected chi connectivity index (χ2v) is 6.70. The molecule has 6 nitrogen and oxygen atoms in total. The zero-order valence-corrected chi connectivity index (χ0v) is 15.0. The number of nitrogen functional groups attached to an aromatic ring is 1. The van der Waals surface area contributed by atoms with Gasteiger partial charge in [-0.2, -0.15) is 5.10 Å². The Bertz CT molecular complexity index is 1370. The van der Waals surface area contributed by atoms with Crippen molar-refractivity contribution < 1.29 is 0 Å². The maximum absolute atomic E-state index is 13.5. The summed E-state index contributed by atoms with van der Waals surface area (Å²) in [4.78, 5) is 18.0. The molecule has 5 rings (SSSR count). The van der Waals surface area contributed by atoms with E-state index in [1.165, 1.54) is 0 Å². The Morgan fingerprint density at radius 3 is 2.68 bits per heavy atom. The highest BCUT2D eigenvalue weighted by molar-refractivity contribution is 6.03. The zero-order valence-electron chi connectivity index (χ0n) is 15.0. The number of para-hydroxylation sites is 1. The molecule has 0 aliphatic carbocycles. The molecule has 0 fully saturated rings. The lowest BCUT2D eigenvalue weighted by Crippen LogP contribution is -2.20. The summed E-state index contributed by atoms with van der Waals surface area (Å²) in [6.07, 6.45) is 2.23. The van der Waals surface area contributed by atoms with Gasteiger partial charge in [0.05, 0.1) is 16.8 Å². The molecule has 0 radical (unpaired) electrons. The minimum atomic E-state index is -0.139. The highest BCUT2D eigenvalue weighted by Crippen LogP contribution is 2.25. The van der Waals surface area contributed by atoms with Crippen molar-refractivity contribution in [2.75, 3.05) is 5.73 Å². The number of anilines is 1. The van der Waals surface area contributed by atoms with Crippen LogP contribution in [0.5, 0.6) is 0 Å². The second kappa shape index (κ2) is 6.35. The molecule has 0 atom stereocenters. The average molecular weight is 367 g/mol. The Hall–Kier alpha value is -3.93. The number of hydrogen-bond donors (Lipinski definition) is 2. The number of hydrogen-bond acceptors (Lipinski definition) is 4. The van der Waals surface area contributed by atoms with Crippen LogP contribution in [0.1, 0.15) is 11.3 Å². The van der Waals surface area contributed by atoms with Crippen LogP contribution in [0, 0.1) is 0 Å². The normalized spacial score (nSPS) is 11.3. The van der Waals surface area contributed by atoms with E-state index in [1.54, 1.807) is 10.8 Å². The summed E-state index contributed by atoms with van der Waals surface area (Å²) in [5, 5.41) is 8.92. The third kappa shape index (κ3) is 2.54. The van der Waals surface area contributed by atoms with E-state index in [0.29, 0.717) is 28.7 Å². The van der Waals surface area contributed by atoms with Gasteiger partial charge < -0.3 is 5.73 Å². The van der Waals surface area contributed by atoms with Crippen molar-refractivity contribution in [3.63, 3.8) is 0 Å². The topological polar surface area (TPSA) is 89.6 Å². The molecule has 0 bridgehead atoms. The highest BCUT2D eigenvalue weighted by Gasteiger charge is 2.18. The standard InChI is InChI=1S/C22H17N5O/c23-15-7-4-6-14(12-15)13-18-19-20(26-25-18)17-10-5-11-24-21(17)27(22(19)28)16-8-2-1-3-9-16/h1-12H,13,23H2,(H,25,26). The molecule has 0 unspecified atom stereocenters. The van der Waals surface area contributed by atoms with Crippen LogP contribution >= 0.6 is 0 Å². The molecule has 3 N–H and O–H groups in total. The number of fused-ring (bicyclic) bond motifs is 3. The maximum atomic E-state index is 13.5. The molecular weight excluding hydrogens is 350 g/mol. The molecule has 0 amide bonds. The van der Waals surface area contributed by atoms with Crippen LogP contribution in [0.2, 0.25) is 0 Å². The first-order valence-electron chi connectivity index (χ1n) is 8.99. The Labute approximate surface area is 160 Å². The van der Waals surface area contributed by atoms with Gasteiger partial charge in [0.2, 0.25) is 0 Å². The molecule has 0 saturated heterocycles. The van der Waals surface area contributed by atoms with E-state index in [1.807, 2.05) is 66.7 Å². The van der Waals surface area contributed by atoms with Crippen molar-refractivity contribution in [3.8, 4) is 5.69 Å². The summed E-state index contributed by atoms with van der Waals surface area (Å²) in [7, 11) is 0. The van der Waals surface area contributed by atoms with E-state index in [2.05, 4.69) is 15.2 Å². The Balaban J connectivity index is 1.82. The van der Waals surface area contributed by atoms with E-state index in [4.69, 9.17) is 5.73 Å². The first kappa shape index (κ1) is 16.3. The predicted octanol–water partition coefficient (Wildman–Crippen LogP) is 3.44. The van der Waals surface area contributed by atoms with Crippen LogP contribution < -0.4 is 11.3 Å². The van der Waals surface area contributed by atoms with E-state index in [-0.39, 0.29) is 5.56 Å².